The predicted molar refractivity (Wildman–Crippen MR) is 91.0 cm³/mol. The Hall–Kier alpha value is -2.18. The molecule has 0 radical (unpaired) electrons. The summed E-state index contributed by atoms with van der Waals surface area (Å²) < 4.78 is 27.8. The van der Waals surface area contributed by atoms with Gasteiger partial charge >= 0.3 is 5.97 Å². The number of carboxylic acids is 1. The molecule has 0 aliphatic heterocycles. The third-order valence-corrected chi connectivity index (χ3v) is 5.63. The minimum Gasteiger partial charge on any atom is -0.481 e. The first kappa shape index (κ1) is 16.7. The highest BCUT2D eigenvalue weighted by molar-refractivity contribution is 7.89. The Bertz CT molecular complexity index is 829. The van der Waals surface area contributed by atoms with Crippen molar-refractivity contribution in [1.29, 1.82) is 0 Å². The normalized spacial score (nSPS) is 15.8. The average Bonchev–Trinajstić information content (AvgIpc) is 3.39. The smallest absolute Gasteiger partial charge is 0.304 e. The predicted octanol–water partition coefficient (Wildman–Crippen LogP) is 2.89. The Kier molecular flexibility index (Phi) is 4.69. The van der Waals surface area contributed by atoms with Gasteiger partial charge in [-0.3, -0.25) is 4.79 Å². The number of rotatable bonds is 7. The molecule has 5 nitrogen and oxygen atoms in total. The molecule has 0 heterocycles. The fourth-order valence-electron chi connectivity index (χ4n) is 2.73. The fraction of sp³-hybridized carbons (Fsp3) is 0.278. The number of nitrogens with one attached hydrogen (secondary N) is 1. The van der Waals surface area contributed by atoms with E-state index in [1.165, 1.54) is 6.07 Å². The largest absolute Gasteiger partial charge is 0.481 e. The van der Waals surface area contributed by atoms with E-state index in [4.69, 9.17) is 5.11 Å². The second-order valence-electron chi connectivity index (χ2n) is 6.06. The molecule has 2 N–H and O–H groups in total. The molecule has 24 heavy (non-hydrogen) atoms. The Labute approximate surface area is 141 Å². The monoisotopic (exact) mass is 345 g/mol. The molecule has 1 unspecified atom stereocenters. The second-order valence-corrected chi connectivity index (χ2v) is 7.77. The number of carboxylic acid groups (broad SMARTS) is 1. The highest BCUT2D eigenvalue weighted by Gasteiger charge is 2.35. The van der Waals surface area contributed by atoms with E-state index in [1.54, 1.807) is 12.1 Å². The van der Waals surface area contributed by atoms with Crippen LogP contribution in [0.2, 0.25) is 0 Å². The Morgan fingerprint density at radius 2 is 1.75 bits per heavy atom. The van der Waals surface area contributed by atoms with Gasteiger partial charge in [-0.1, -0.05) is 42.5 Å². The molecule has 0 saturated heterocycles. The maximum absolute atomic E-state index is 12.6. The lowest BCUT2D eigenvalue weighted by Gasteiger charge is -2.16. The fourth-order valence-corrected chi connectivity index (χ4v) is 4.08. The molecule has 0 aromatic heterocycles. The summed E-state index contributed by atoms with van der Waals surface area (Å²) in [6, 6.07) is 15.7. The summed E-state index contributed by atoms with van der Waals surface area (Å²) in [6.07, 6.45) is 1.54. The standard InChI is InChI=1S/C18H19NO4S/c20-18(21)12-17(14-9-10-14)19-24(22,23)16-8-4-7-15(11-16)13-5-2-1-3-6-13/h1-8,11,14,17,19H,9-10,12H2,(H,20,21). The lowest BCUT2D eigenvalue weighted by atomic mass is 10.1. The van der Waals surface area contributed by atoms with Gasteiger partial charge in [0.25, 0.3) is 0 Å². The molecule has 6 heteroatoms. The summed E-state index contributed by atoms with van der Waals surface area (Å²) >= 11 is 0. The number of hydrogen-bond donors (Lipinski definition) is 2. The molecule has 2 aromatic carbocycles. The summed E-state index contributed by atoms with van der Waals surface area (Å²) in [5, 5.41) is 8.99. The first-order chi connectivity index (χ1) is 11.5. The van der Waals surface area contributed by atoms with Crippen LogP contribution in [0.4, 0.5) is 0 Å². The first-order valence-electron chi connectivity index (χ1n) is 7.85. The molecule has 0 bridgehead atoms. The van der Waals surface area contributed by atoms with Crippen LogP contribution in [0.25, 0.3) is 11.1 Å². The van der Waals surface area contributed by atoms with Crippen LogP contribution < -0.4 is 4.72 Å². The summed E-state index contributed by atoms with van der Waals surface area (Å²) in [5.41, 5.74) is 1.73. The van der Waals surface area contributed by atoms with Gasteiger partial charge in [0.05, 0.1) is 11.3 Å². The molecule has 1 fully saturated rings. The molecule has 0 amide bonds. The highest BCUT2D eigenvalue weighted by atomic mass is 32.2. The Balaban J connectivity index is 1.85. The SMILES string of the molecule is O=C(O)CC(NS(=O)(=O)c1cccc(-c2ccccc2)c1)C1CC1. The third-order valence-electron chi connectivity index (χ3n) is 4.14. The zero-order valence-corrected chi connectivity index (χ0v) is 13.9. The van der Waals surface area contributed by atoms with Crippen molar-refractivity contribution in [2.45, 2.75) is 30.2 Å². The molecule has 1 saturated carbocycles. The van der Waals surface area contributed by atoms with E-state index in [9.17, 15) is 13.2 Å². The minimum atomic E-state index is -3.75. The Morgan fingerprint density at radius 1 is 1.08 bits per heavy atom. The van der Waals surface area contributed by atoms with Crippen LogP contribution in [0.5, 0.6) is 0 Å². The summed E-state index contributed by atoms with van der Waals surface area (Å²) in [7, 11) is -3.75. The quantitative estimate of drug-likeness (QED) is 0.808. The van der Waals surface area contributed by atoms with Crippen LogP contribution in [-0.4, -0.2) is 25.5 Å². The third kappa shape index (κ3) is 4.01. The van der Waals surface area contributed by atoms with Crippen molar-refractivity contribution in [1.82, 2.24) is 4.72 Å². The summed E-state index contributed by atoms with van der Waals surface area (Å²) in [6.45, 7) is 0. The molecule has 1 aliphatic carbocycles. The van der Waals surface area contributed by atoms with Crippen LogP contribution in [0.15, 0.2) is 59.5 Å². The molecular formula is C18H19NO4S. The van der Waals surface area contributed by atoms with E-state index in [0.717, 1.165) is 24.0 Å². The van der Waals surface area contributed by atoms with Crippen molar-refractivity contribution in [3.05, 3.63) is 54.6 Å². The van der Waals surface area contributed by atoms with Crippen LogP contribution in [-0.2, 0) is 14.8 Å². The molecule has 2 aromatic rings. The van der Waals surface area contributed by atoms with E-state index in [-0.39, 0.29) is 17.2 Å². The van der Waals surface area contributed by atoms with E-state index >= 15 is 0 Å². The van der Waals surface area contributed by atoms with Crippen LogP contribution >= 0.6 is 0 Å². The molecule has 3 rings (SSSR count). The van der Waals surface area contributed by atoms with Crippen LogP contribution in [0.3, 0.4) is 0 Å². The van der Waals surface area contributed by atoms with E-state index in [2.05, 4.69) is 4.72 Å². The van der Waals surface area contributed by atoms with Crippen molar-refractivity contribution in [2.24, 2.45) is 5.92 Å². The van der Waals surface area contributed by atoms with E-state index in [0.29, 0.717) is 0 Å². The maximum atomic E-state index is 12.6. The molecule has 1 atom stereocenters. The number of aliphatic carboxylic acids is 1. The molecular weight excluding hydrogens is 326 g/mol. The van der Waals surface area contributed by atoms with Gasteiger partial charge in [0.15, 0.2) is 0 Å². The van der Waals surface area contributed by atoms with Crippen LogP contribution in [0, 0.1) is 5.92 Å². The lowest BCUT2D eigenvalue weighted by molar-refractivity contribution is -0.137. The Morgan fingerprint density at radius 3 is 2.38 bits per heavy atom. The minimum absolute atomic E-state index is 0.119. The van der Waals surface area contributed by atoms with Gasteiger partial charge < -0.3 is 5.11 Å². The van der Waals surface area contributed by atoms with Crippen LogP contribution in [0.1, 0.15) is 19.3 Å². The van der Waals surface area contributed by atoms with Crippen molar-refractivity contribution in [3.8, 4) is 11.1 Å². The average molecular weight is 345 g/mol. The van der Waals surface area contributed by atoms with Crippen molar-refractivity contribution < 1.29 is 18.3 Å². The first-order valence-corrected chi connectivity index (χ1v) is 9.33. The van der Waals surface area contributed by atoms with Gasteiger partial charge in [0, 0.05) is 6.04 Å². The van der Waals surface area contributed by atoms with Crippen molar-refractivity contribution >= 4 is 16.0 Å². The van der Waals surface area contributed by atoms with Gasteiger partial charge in [-0.15, -0.1) is 0 Å². The number of benzene rings is 2. The van der Waals surface area contributed by atoms with Crippen molar-refractivity contribution in [3.63, 3.8) is 0 Å². The number of hydrogen-bond acceptors (Lipinski definition) is 3. The molecule has 0 spiro atoms. The number of carbonyl (C=O) groups is 1. The zero-order valence-electron chi connectivity index (χ0n) is 13.1. The second kappa shape index (κ2) is 6.75. The van der Waals surface area contributed by atoms with Gasteiger partial charge in [-0.05, 0) is 42.0 Å². The van der Waals surface area contributed by atoms with Crippen molar-refractivity contribution in [2.75, 3.05) is 0 Å². The lowest BCUT2D eigenvalue weighted by Crippen LogP contribution is -2.38. The topological polar surface area (TPSA) is 83.5 Å². The molecule has 126 valence electrons. The highest BCUT2D eigenvalue weighted by Crippen LogP contribution is 2.35. The summed E-state index contributed by atoms with van der Waals surface area (Å²) in [5.74, 6) is -0.874. The van der Waals surface area contributed by atoms with Gasteiger partial charge in [-0.2, -0.15) is 0 Å². The van der Waals surface area contributed by atoms with Gasteiger partial charge in [0.2, 0.25) is 10.0 Å². The maximum Gasteiger partial charge on any atom is 0.304 e. The number of sulfonamides is 1. The molecule has 1 aliphatic rings. The zero-order chi connectivity index (χ0) is 17.2. The van der Waals surface area contributed by atoms with Gasteiger partial charge in [0.1, 0.15) is 0 Å². The van der Waals surface area contributed by atoms with E-state index < -0.39 is 22.0 Å². The van der Waals surface area contributed by atoms with E-state index in [1.807, 2.05) is 36.4 Å². The summed E-state index contributed by atoms with van der Waals surface area (Å²) in [4.78, 5) is 11.1. The van der Waals surface area contributed by atoms with Gasteiger partial charge in [-0.25, -0.2) is 13.1 Å².